The van der Waals surface area contributed by atoms with Crippen LogP contribution >= 0.6 is 0 Å². The van der Waals surface area contributed by atoms with E-state index in [2.05, 4.69) is 0 Å². The number of rotatable bonds is 3. The van der Waals surface area contributed by atoms with Gasteiger partial charge < -0.3 is 19.8 Å². The Kier molecular flexibility index (Phi) is 4.22. The molecule has 1 aliphatic rings. The lowest BCUT2D eigenvalue weighted by Gasteiger charge is -2.36. The molecule has 2 amide bonds. The van der Waals surface area contributed by atoms with Gasteiger partial charge in [0.25, 0.3) is 5.91 Å². The summed E-state index contributed by atoms with van der Waals surface area (Å²) in [6.07, 6.45) is 1.48. The minimum absolute atomic E-state index is 0.0584. The van der Waals surface area contributed by atoms with Gasteiger partial charge in [0.05, 0.1) is 18.6 Å². The minimum Gasteiger partial charge on any atom is -0.497 e. The molecule has 1 aromatic carbocycles. The van der Waals surface area contributed by atoms with E-state index in [-0.39, 0.29) is 23.8 Å². The van der Waals surface area contributed by atoms with Crippen molar-refractivity contribution in [3.63, 3.8) is 0 Å². The molecule has 0 radical (unpaired) electrons. The molecule has 2 aromatic rings. The fourth-order valence-electron chi connectivity index (χ4n) is 3.36. The summed E-state index contributed by atoms with van der Waals surface area (Å²) in [5.41, 5.74) is 6.61. The normalized spacial score (nSPS) is 21.0. The maximum atomic E-state index is 13.1. The number of benzene rings is 1. The molecule has 0 aliphatic carbocycles. The molecule has 1 saturated heterocycles. The standard InChI is InChI=1S/C18H22N2O4/c1-10-4-5-12(17(19)21)9-20(10)18(22)16-11(2)24-15-7-6-13(23-3)8-14(15)16/h6-8,10,12H,4-5,9H2,1-3H3,(H2,19,21)/t10-,12+/m0/s1. The van der Waals surface area contributed by atoms with E-state index in [0.717, 1.165) is 18.2 Å². The van der Waals surface area contributed by atoms with Gasteiger partial charge in [-0.05, 0) is 44.9 Å². The number of nitrogens with two attached hydrogens (primary N) is 1. The molecule has 1 fully saturated rings. The number of likely N-dealkylation sites (tertiary alicyclic amines) is 1. The van der Waals surface area contributed by atoms with Crippen LogP contribution in [0.4, 0.5) is 0 Å². The van der Waals surface area contributed by atoms with E-state index in [4.69, 9.17) is 14.9 Å². The van der Waals surface area contributed by atoms with Crippen LogP contribution in [0.1, 0.15) is 35.9 Å². The molecule has 0 bridgehead atoms. The van der Waals surface area contributed by atoms with Gasteiger partial charge in [-0.15, -0.1) is 0 Å². The van der Waals surface area contributed by atoms with E-state index in [1.807, 2.05) is 6.92 Å². The van der Waals surface area contributed by atoms with Crippen LogP contribution < -0.4 is 10.5 Å². The van der Waals surface area contributed by atoms with Crippen molar-refractivity contribution in [3.8, 4) is 5.75 Å². The minimum atomic E-state index is -0.352. The van der Waals surface area contributed by atoms with Crippen LogP contribution in [0.5, 0.6) is 5.75 Å². The van der Waals surface area contributed by atoms with E-state index >= 15 is 0 Å². The summed E-state index contributed by atoms with van der Waals surface area (Å²) in [7, 11) is 1.58. The van der Waals surface area contributed by atoms with E-state index in [1.54, 1.807) is 37.1 Å². The first-order valence-electron chi connectivity index (χ1n) is 8.09. The van der Waals surface area contributed by atoms with Gasteiger partial charge in [0.15, 0.2) is 0 Å². The number of nitrogens with zero attached hydrogens (tertiary/aromatic N) is 1. The highest BCUT2D eigenvalue weighted by atomic mass is 16.5. The molecular weight excluding hydrogens is 308 g/mol. The second-order valence-corrected chi connectivity index (χ2v) is 6.38. The number of aryl methyl sites for hydroxylation is 1. The number of fused-ring (bicyclic) bond motifs is 1. The summed E-state index contributed by atoms with van der Waals surface area (Å²) in [5, 5.41) is 0.727. The molecule has 24 heavy (non-hydrogen) atoms. The lowest BCUT2D eigenvalue weighted by molar-refractivity contribution is -0.123. The summed E-state index contributed by atoms with van der Waals surface area (Å²) in [6.45, 7) is 4.12. The smallest absolute Gasteiger partial charge is 0.258 e. The highest BCUT2D eigenvalue weighted by Gasteiger charge is 2.34. The molecule has 0 unspecified atom stereocenters. The highest BCUT2D eigenvalue weighted by molar-refractivity contribution is 6.07. The third-order valence-corrected chi connectivity index (χ3v) is 4.83. The molecule has 1 aliphatic heterocycles. The Hall–Kier alpha value is -2.50. The van der Waals surface area contributed by atoms with E-state index in [0.29, 0.717) is 29.2 Å². The van der Waals surface area contributed by atoms with Gasteiger partial charge in [0.2, 0.25) is 5.91 Å². The van der Waals surface area contributed by atoms with Gasteiger partial charge in [0, 0.05) is 18.0 Å². The third kappa shape index (κ3) is 2.72. The molecule has 6 heteroatoms. The van der Waals surface area contributed by atoms with Crippen molar-refractivity contribution < 1.29 is 18.7 Å². The number of piperidine rings is 1. The van der Waals surface area contributed by atoms with E-state index in [1.165, 1.54) is 0 Å². The van der Waals surface area contributed by atoms with Crippen molar-refractivity contribution in [1.29, 1.82) is 0 Å². The van der Waals surface area contributed by atoms with Crippen molar-refractivity contribution in [2.45, 2.75) is 32.7 Å². The lowest BCUT2D eigenvalue weighted by atomic mass is 9.92. The lowest BCUT2D eigenvalue weighted by Crippen LogP contribution is -2.48. The highest BCUT2D eigenvalue weighted by Crippen LogP contribution is 2.32. The van der Waals surface area contributed by atoms with E-state index in [9.17, 15) is 9.59 Å². The molecule has 3 rings (SSSR count). The Bertz CT molecular complexity index is 796. The van der Waals surface area contributed by atoms with Gasteiger partial charge in [-0.25, -0.2) is 0 Å². The van der Waals surface area contributed by atoms with Crippen LogP contribution in [0.25, 0.3) is 11.0 Å². The van der Waals surface area contributed by atoms with Crippen LogP contribution in [-0.4, -0.2) is 36.4 Å². The van der Waals surface area contributed by atoms with Gasteiger partial charge in [-0.3, -0.25) is 9.59 Å². The summed E-state index contributed by atoms with van der Waals surface area (Å²) in [4.78, 5) is 26.4. The molecule has 128 valence electrons. The molecule has 6 nitrogen and oxygen atoms in total. The Morgan fingerprint density at radius 2 is 2.08 bits per heavy atom. The molecule has 1 aromatic heterocycles. The second kappa shape index (κ2) is 6.19. The molecule has 0 spiro atoms. The van der Waals surface area contributed by atoms with Crippen LogP contribution in [0.2, 0.25) is 0 Å². The van der Waals surface area contributed by atoms with Crippen molar-refractivity contribution in [2.75, 3.05) is 13.7 Å². The quantitative estimate of drug-likeness (QED) is 0.937. The van der Waals surface area contributed by atoms with Crippen molar-refractivity contribution >= 4 is 22.8 Å². The Labute approximate surface area is 140 Å². The number of primary amides is 1. The Morgan fingerprint density at radius 1 is 1.33 bits per heavy atom. The number of ether oxygens (including phenoxy) is 1. The molecule has 0 saturated carbocycles. The number of methoxy groups -OCH3 is 1. The predicted octanol–water partition coefficient (Wildman–Crippen LogP) is 2.48. The van der Waals surface area contributed by atoms with Gasteiger partial charge in [-0.1, -0.05) is 0 Å². The molecule has 2 N–H and O–H groups in total. The topological polar surface area (TPSA) is 85.8 Å². The predicted molar refractivity (Wildman–Crippen MR) is 89.9 cm³/mol. The van der Waals surface area contributed by atoms with Crippen LogP contribution in [-0.2, 0) is 4.79 Å². The zero-order valence-electron chi connectivity index (χ0n) is 14.2. The fraction of sp³-hybridized carbons (Fsp3) is 0.444. The van der Waals surface area contributed by atoms with Gasteiger partial charge in [-0.2, -0.15) is 0 Å². The van der Waals surface area contributed by atoms with Crippen LogP contribution in [0.15, 0.2) is 22.6 Å². The van der Waals surface area contributed by atoms with Crippen molar-refractivity contribution in [1.82, 2.24) is 4.90 Å². The van der Waals surface area contributed by atoms with Crippen molar-refractivity contribution in [3.05, 3.63) is 29.5 Å². The first-order chi connectivity index (χ1) is 11.4. The molecular formula is C18H22N2O4. The van der Waals surface area contributed by atoms with E-state index < -0.39 is 0 Å². The number of amides is 2. The number of hydrogen-bond acceptors (Lipinski definition) is 4. The SMILES string of the molecule is COc1ccc2oc(C)c(C(=O)N3C[C@H](C(N)=O)CC[C@@H]3C)c2c1. The third-order valence-electron chi connectivity index (χ3n) is 4.83. The molecule has 2 atom stereocenters. The summed E-state index contributed by atoms with van der Waals surface area (Å²) < 4.78 is 11.0. The average molecular weight is 330 g/mol. The van der Waals surface area contributed by atoms with Gasteiger partial charge in [0.1, 0.15) is 17.1 Å². The number of furan rings is 1. The first-order valence-corrected chi connectivity index (χ1v) is 8.09. The summed E-state index contributed by atoms with van der Waals surface area (Å²) in [6, 6.07) is 5.46. The maximum absolute atomic E-state index is 13.1. The van der Waals surface area contributed by atoms with Crippen LogP contribution in [0, 0.1) is 12.8 Å². The largest absolute Gasteiger partial charge is 0.497 e. The zero-order chi connectivity index (χ0) is 17.4. The Morgan fingerprint density at radius 3 is 2.75 bits per heavy atom. The number of carbonyl (C=O) groups excluding carboxylic acids is 2. The monoisotopic (exact) mass is 330 g/mol. The number of hydrogen-bond donors (Lipinski definition) is 1. The maximum Gasteiger partial charge on any atom is 0.258 e. The average Bonchev–Trinajstić information content (AvgIpc) is 2.89. The summed E-state index contributed by atoms with van der Waals surface area (Å²) in [5.74, 6) is 0.460. The molecule has 2 heterocycles. The fourth-order valence-corrected chi connectivity index (χ4v) is 3.36. The van der Waals surface area contributed by atoms with Crippen molar-refractivity contribution in [2.24, 2.45) is 11.7 Å². The first kappa shape index (κ1) is 16.4. The Balaban J connectivity index is 2.01. The zero-order valence-corrected chi connectivity index (χ0v) is 14.2. The number of carbonyl (C=O) groups is 2. The second-order valence-electron chi connectivity index (χ2n) is 6.38. The van der Waals surface area contributed by atoms with Crippen LogP contribution in [0.3, 0.4) is 0 Å². The van der Waals surface area contributed by atoms with Gasteiger partial charge >= 0.3 is 0 Å². The summed E-state index contributed by atoms with van der Waals surface area (Å²) >= 11 is 0.